The quantitative estimate of drug-likeness (QED) is 0.440. The van der Waals surface area contributed by atoms with Crippen molar-refractivity contribution in [3.05, 3.63) is 71.1 Å². The Morgan fingerprint density at radius 2 is 1.84 bits per heavy atom. The predicted octanol–water partition coefficient (Wildman–Crippen LogP) is 3.92. The highest BCUT2D eigenvalue weighted by atomic mass is 32.2. The molecule has 1 aromatic heterocycles. The summed E-state index contributed by atoms with van der Waals surface area (Å²) in [6.07, 6.45) is 5.13. The van der Waals surface area contributed by atoms with E-state index in [2.05, 4.69) is 15.3 Å². The molecule has 3 aromatic rings. The molecule has 1 fully saturated rings. The third-order valence-corrected chi connectivity index (χ3v) is 7.68. The first-order valence-corrected chi connectivity index (χ1v) is 13.7. The SMILES string of the molecule is C[C@@H](NC(=O)c1ccc(-c2nc([C@H]3CC[C@H](O)CC3)cnc2N)cc1F)c1cc(F)cc(S(C)(=O)=O)c1. The highest BCUT2D eigenvalue weighted by Crippen LogP contribution is 2.34. The summed E-state index contributed by atoms with van der Waals surface area (Å²) in [5.41, 5.74) is 7.36. The molecule has 0 spiro atoms. The molecule has 1 heterocycles. The molecule has 0 radical (unpaired) electrons. The van der Waals surface area contributed by atoms with E-state index in [-0.39, 0.29) is 33.9 Å². The summed E-state index contributed by atoms with van der Waals surface area (Å²) in [6.45, 7) is 1.54. The van der Waals surface area contributed by atoms with Crippen molar-refractivity contribution in [1.82, 2.24) is 15.3 Å². The lowest BCUT2D eigenvalue weighted by Crippen LogP contribution is -2.27. The van der Waals surface area contributed by atoms with E-state index in [1.807, 2.05) is 0 Å². The number of amides is 1. The summed E-state index contributed by atoms with van der Waals surface area (Å²) >= 11 is 0. The number of rotatable bonds is 6. The number of nitrogens with two attached hydrogens (primary N) is 1. The van der Waals surface area contributed by atoms with Crippen molar-refractivity contribution in [1.29, 1.82) is 0 Å². The minimum absolute atomic E-state index is 0.123. The van der Waals surface area contributed by atoms with Gasteiger partial charge in [-0.2, -0.15) is 0 Å². The summed E-state index contributed by atoms with van der Waals surface area (Å²) < 4.78 is 52.6. The number of aliphatic hydroxyl groups is 1. The number of hydrogen-bond acceptors (Lipinski definition) is 7. The van der Waals surface area contributed by atoms with Crippen LogP contribution in [0.5, 0.6) is 0 Å². The van der Waals surface area contributed by atoms with Crippen molar-refractivity contribution in [3.8, 4) is 11.3 Å². The van der Waals surface area contributed by atoms with Gasteiger partial charge in [0.25, 0.3) is 5.91 Å². The average molecular weight is 531 g/mol. The van der Waals surface area contributed by atoms with E-state index in [0.717, 1.165) is 43.0 Å². The molecule has 1 aliphatic rings. The number of nitrogens with one attached hydrogen (secondary N) is 1. The number of hydrogen-bond donors (Lipinski definition) is 3. The molecule has 1 aliphatic carbocycles. The van der Waals surface area contributed by atoms with Crippen molar-refractivity contribution in [2.45, 2.75) is 55.6 Å². The third kappa shape index (κ3) is 6.11. The molecule has 1 amide bonds. The van der Waals surface area contributed by atoms with Gasteiger partial charge in [0.1, 0.15) is 23.1 Å². The van der Waals surface area contributed by atoms with Crippen LogP contribution in [-0.4, -0.2) is 41.8 Å². The molecule has 196 valence electrons. The Kier molecular flexibility index (Phi) is 7.56. The van der Waals surface area contributed by atoms with Crippen molar-refractivity contribution in [2.75, 3.05) is 12.0 Å². The maximum atomic E-state index is 15.0. The standard InChI is InChI=1S/C26H28F2N4O4S/c1-14(17-9-18(27)12-20(10-17)37(2,35)36)31-26(34)21-8-5-16(11-22(21)28)24-25(29)30-13-23(32-24)15-3-6-19(33)7-4-15/h5,8-15,19,33H,3-4,6-7H2,1-2H3,(H2,29,30)(H,31,34)/t14-,15-,19-/m1/s1. The second-order valence-corrected chi connectivity index (χ2v) is 11.4. The maximum absolute atomic E-state index is 15.0. The number of sulfone groups is 1. The lowest BCUT2D eigenvalue weighted by Gasteiger charge is -2.25. The number of nitrogens with zero attached hydrogens (tertiary/aromatic N) is 2. The summed E-state index contributed by atoms with van der Waals surface area (Å²) in [7, 11) is -3.66. The van der Waals surface area contributed by atoms with Crippen molar-refractivity contribution in [3.63, 3.8) is 0 Å². The van der Waals surface area contributed by atoms with Crippen LogP contribution in [-0.2, 0) is 9.84 Å². The van der Waals surface area contributed by atoms with Crippen LogP contribution in [0.1, 0.15) is 66.2 Å². The molecule has 4 N–H and O–H groups in total. The number of aromatic nitrogens is 2. The van der Waals surface area contributed by atoms with Gasteiger partial charge in [-0.25, -0.2) is 27.2 Å². The van der Waals surface area contributed by atoms with Gasteiger partial charge in [-0.1, -0.05) is 6.07 Å². The minimum atomic E-state index is -3.66. The second kappa shape index (κ2) is 10.5. The molecular weight excluding hydrogens is 502 g/mol. The van der Waals surface area contributed by atoms with Crippen molar-refractivity contribution in [2.24, 2.45) is 0 Å². The van der Waals surface area contributed by atoms with Crippen LogP contribution < -0.4 is 11.1 Å². The third-order valence-electron chi connectivity index (χ3n) is 6.59. The molecule has 11 heteroatoms. The molecule has 0 aliphatic heterocycles. The Labute approximate surface area is 213 Å². The van der Waals surface area contributed by atoms with E-state index in [1.165, 1.54) is 25.1 Å². The second-order valence-electron chi connectivity index (χ2n) is 9.42. The number of halogens is 2. The number of anilines is 1. The zero-order valence-electron chi connectivity index (χ0n) is 20.4. The van der Waals surface area contributed by atoms with E-state index >= 15 is 4.39 Å². The van der Waals surface area contributed by atoms with E-state index in [0.29, 0.717) is 24.1 Å². The Morgan fingerprint density at radius 3 is 2.49 bits per heavy atom. The number of aliphatic hydroxyl groups excluding tert-OH is 1. The Morgan fingerprint density at radius 1 is 1.14 bits per heavy atom. The summed E-state index contributed by atoms with van der Waals surface area (Å²) in [5.74, 6) is -2.09. The van der Waals surface area contributed by atoms with Gasteiger partial charge in [0, 0.05) is 17.7 Å². The Hall–Kier alpha value is -3.44. The summed E-state index contributed by atoms with van der Waals surface area (Å²) in [4.78, 5) is 21.4. The van der Waals surface area contributed by atoms with Gasteiger partial charge in [-0.15, -0.1) is 0 Å². The number of carbonyl (C=O) groups is 1. The first-order chi connectivity index (χ1) is 17.4. The highest BCUT2D eigenvalue weighted by Gasteiger charge is 2.24. The van der Waals surface area contributed by atoms with Gasteiger partial charge in [-0.05, 0) is 68.5 Å². The number of benzene rings is 2. The fraction of sp³-hybridized carbons (Fsp3) is 0.346. The van der Waals surface area contributed by atoms with Gasteiger partial charge in [0.05, 0.1) is 34.5 Å². The largest absolute Gasteiger partial charge is 0.393 e. The molecule has 4 rings (SSSR count). The van der Waals surface area contributed by atoms with Crippen molar-refractivity contribution >= 4 is 21.6 Å². The molecule has 0 bridgehead atoms. The fourth-order valence-corrected chi connectivity index (χ4v) is 5.12. The maximum Gasteiger partial charge on any atom is 0.254 e. The van der Waals surface area contributed by atoms with Crippen LogP contribution in [0.3, 0.4) is 0 Å². The molecule has 1 atom stereocenters. The van der Waals surface area contributed by atoms with Crippen LogP contribution in [0.2, 0.25) is 0 Å². The predicted molar refractivity (Wildman–Crippen MR) is 134 cm³/mol. The first-order valence-electron chi connectivity index (χ1n) is 11.8. The van der Waals surface area contributed by atoms with Gasteiger partial charge >= 0.3 is 0 Å². The zero-order valence-corrected chi connectivity index (χ0v) is 21.2. The van der Waals surface area contributed by atoms with Gasteiger partial charge in [0.2, 0.25) is 0 Å². The monoisotopic (exact) mass is 530 g/mol. The van der Waals surface area contributed by atoms with Gasteiger partial charge in [-0.3, -0.25) is 4.79 Å². The first kappa shape index (κ1) is 26.6. The van der Waals surface area contributed by atoms with Crippen molar-refractivity contribution < 1.29 is 27.1 Å². The number of carbonyl (C=O) groups excluding carboxylic acids is 1. The summed E-state index contributed by atoms with van der Waals surface area (Å²) in [6, 6.07) is 6.44. The van der Waals surface area contributed by atoms with Crippen LogP contribution in [0, 0.1) is 11.6 Å². The zero-order chi connectivity index (χ0) is 26.9. The van der Waals surface area contributed by atoms with Crippen LogP contribution in [0.25, 0.3) is 11.3 Å². The smallest absolute Gasteiger partial charge is 0.254 e. The molecule has 37 heavy (non-hydrogen) atoms. The topological polar surface area (TPSA) is 135 Å². The fourth-order valence-electron chi connectivity index (χ4n) is 4.45. The van der Waals surface area contributed by atoms with E-state index in [1.54, 1.807) is 6.20 Å². The molecule has 8 nitrogen and oxygen atoms in total. The van der Waals surface area contributed by atoms with Gasteiger partial charge < -0.3 is 16.2 Å². The van der Waals surface area contributed by atoms with E-state index < -0.39 is 33.4 Å². The lowest BCUT2D eigenvalue weighted by molar-refractivity contribution is 0.0935. The average Bonchev–Trinajstić information content (AvgIpc) is 2.84. The normalized spacial score (nSPS) is 18.8. The Balaban J connectivity index is 1.54. The van der Waals surface area contributed by atoms with Crippen LogP contribution >= 0.6 is 0 Å². The molecule has 1 saturated carbocycles. The van der Waals surface area contributed by atoms with Gasteiger partial charge in [0.15, 0.2) is 9.84 Å². The molecular formula is C26H28F2N4O4S. The Bertz CT molecular complexity index is 1440. The van der Waals surface area contributed by atoms with E-state index in [9.17, 15) is 22.7 Å². The van der Waals surface area contributed by atoms with Crippen LogP contribution in [0.15, 0.2) is 47.5 Å². The highest BCUT2D eigenvalue weighted by molar-refractivity contribution is 7.90. The lowest BCUT2D eigenvalue weighted by atomic mass is 9.85. The summed E-state index contributed by atoms with van der Waals surface area (Å²) in [5, 5.41) is 12.3. The number of nitrogen functional groups attached to an aromatic ring is 1. The molecule has 2 aromatic carbocycles. The molecule has 0 saturated heterocycles. The van der Waals surface area contributed by atoms with E-state index in [4.69, 9.17) is 5.73 Å². The molecule has 0 unspecified atom stereocenters. The van der Waals surface area contributed by atoms with Crippen LogP contribution in [0.4, 0.5) is 14.6 Å². The minimum Gasteiger partial charge on any atom is -0.393 e.